The molecule has 0 unspecified atom stereocenters. The highest BCUT2D eigenvalue weighted by atomic mass is 79.9. The summed E-state index contributed by atoms with van der Waals surface area (Å²) in [6.45, 7) is 1.97. The molecule has 2 aromatic carbocycles. The van der Waals surface area contributed by atoms with Crippen molar-refractivity contribution >= 4 is 44.5 Å². The lowest BCUT2D eigenvalue weighted by molar-refractivity contribution is -0.119. The molecule has 3 aromatic rings. The van der Waals surface area contributed by atoms with Crippen LogP contribution in [0.3, 0.4) is 0 Å². The molecular weight excluding hydrogens is 386 g/mol. The van der Waals surface area contributed by atoms with Gasteiger partial charge in [-0.05, 0) is 24.6 Å². The molecule has 0 bridgehead atoms. The fourth-order valence-corrected chi connectivity index (χ4v) is 3.85. The molecule has 0 aliphatic carbocycles. The molecule has 0 spiro atoms. The summed E-state index contributed by atoms with van der Waals surface area (Å²) in [7, 11) is 0. The quantitative estimate of drug-likeness (QED) is 0.509. The molecule has 0 saturated heterocycles. The van der Waals surface area contributed by atoms with E-state index in [-0.39, 0.29) is 11.9 Å². The van der Waals surface area contributed by atoms with E-state index >= 15 is 0 Å². The zero-order chi connectivity index (χ0) is 16.9. The van der Waals surface area contributed by atoms with Gasteiger partial charge in [0.05, 0.1) is 17.3 Å². The number of amides is 1. The molecule has 6 heteroatoms. The van der Waals surface area contributed by atoms with E-state index in [1.54, 1.807) is 0 Å². The first-order valence-corrected chi connectivity index (χ1v) is 9.29. The maximum absolute atomic E-state index is 12.3. The monoisotopic (exact) mass is 401 g/mol. The molecule has 122 valence electrons. The first kappa shape index (κ1) is 16.9. The number of nitrogens with zero attached hydrogens (tertiary/aromatic N) is 2. The Morgan fingerprint density at radius 3 is 2.75 bits per heavy atom. The number of carbonyl (C=O) groups excluding carboxylic acids is 1. The van der Waals surface area contributed by atoms with Gasteiger partial charge in [0.15, 0.2) is 0 Å². The van der Waals surface area contributed by atoms with E-state index in [0.29, 0.717) is 5.75 Å². The van der Waals surface area contributed by atoms with Crippen molar-refractivity contribution in [3.63, 3.8) is 0 Å². The lowest BCUT2D eigenvalue weighted by Crippen LogP contribution is -2.28. The highest BCUT2D eigenvalue weighted by Crippen LogP contribution is 2.25. The predicted molar refractivity (Wildman–Crippen MR) is 101 cm³/mol. The number of nitrogens with one attached hydrogen (secondary N) is 1. The Labute approximate surface area is 153 Å². The van der Waals surface area contributed by atoms with Crippen LogP contribution in [0.4, 0.5) is 0 Å². The van der Waals surface area contributed by atoms with Gasteiger partial charge in [-0.1, -0.05) is 64.1 Å². The van der Waals surface area contributed by atoms with Crippen molar-refractivity contribution < 1.29 is 4.79 Å². The molecule has 1 aromatic heterocycles. The first-order valence-electron chi connectivity index (χ1n) is 7.51. The number of hydrogen-bond acceptors (Lipinski definition) is 4. The highest BCUT2D eigenvalue weighted by molar-refractivity contribution is 9.10. The lowest BCUT2D eigenvalue weighted by atomic mass is 10.1. The van der Waals surface area contributed by atoms with Crippen molar-refractivity contribution in [2.45, 2.75) is 18.0 Å². The number of thioether (sulfide) groups is 1. The number of hydrogen-bond donors (Lipinski definition) is 1. The lowest BCUT2D eigenvalue weighted by Gasteiger charge is -2.15. The van der Waals surface area contributed by atoms with Gasteiger partial charge >= 0.3 is 0 Å². The van der Waals surface area contributed by atoms with Crippen LogP contribution in [0.15, 0.2) is 64.4 Å². The highest BCUT2D eigenvalue weighted by Gasteiger charge is 2.13. The van der Waals surface area contributed by atoms with Gasteiger partial charge in [0.2, 0.25) is 5.91 Å². The largest absolute Gasteiger partial charge is 0.349 e. The van der Waals surface area contributed by atoms with E-state index < -0.39 is 0 Å². The third-order valence-corrected chi connectivity index (χ3v) is 5.32. The average Bonchev–Trinajstić information content (AvgIpc) is 2.60. The SMILES string of the molecule is C[C@H](NC(=O)CSc1ncnc2ccccc12)c1ccccc1Br. The zero-order valence-electron chi connectivity index (χ0n) is 13.1. The smallest absolute Gasteiger partial charge is 0.230 e. The van der Waals surface area contributed by atoms with E-state index in [4.69, 9.17) is 0 Å². The Hall–Kier alpha value is -1.92. The summed E-state index contributed by atoms with van der Waals surface area (Å²) in [5.41, 5.74) is 1.94. The summed E-state index contributed by atoms with van der Waals surface area (Å²) in [5.74, 6) is 0.293. The van der Waals surface area contributed by atoms with E-state index in [2.05, 4.69) is 31.2 Å². The second-order valence-electron chi connectivity index (χ2n) is 5.30. The van der Waals surface area contributed by atoms with Gasteiger partial charge in [-0.15, -0.1) is 0 Å². The molecule has 1 heterocycles. The second kappa shape index (κ2) is 7.77. The van der Waals surface area contributed by atoms with Crippen molar-refractivity contribution in [2.75, 3.05) is 5.75 Å². The fourth-order valence-electron chi connectivity index (χ4n) is 2.42. The summed E-state index contributed by atoms with van der Waals surface area (Å²) in [4.78, 5) is 20.8. The number of carbonyl (C=O) groups is 1. The Balaban J connectivity index is 1.64. The van der Waals surface area contributed by atoms with Gasteiger partial charge in [-0.3, -0.25) is 4.79 Å². The second-order valence-corrected chi connectivity index (χ2v) is 7.11. The Morgan fingerprint density at radius 1 is 1.17 bits per heavy atom. The van der Waals surface area contributed by atoms with Crippen LogP contribution in [0.1, 0.15) is 18.5 Å². The molecule has 1 N–H and O–H groups in total. The van der Waals surface area contributed by atoms with Crippen molar-refractivity contribution in [2.24, 2.45) is 0 Å². The predicted octanol–water partition coefficient (Wildman–Crippen LogP) is 4.36. The molecule has 0 saturated carbocycles. The Bertz CT molecular complexity index is 866. The maximum atomic E-state index is 12.3. The maximum Gasteiger partial charge on any atom is 0.230 e. The van der Waals surface area contributed by atoms with Crippen LogP contribution < -0.4 is 5.32 Å². The molecular formula is C18H16BrN3OS. The van der Waals surface area contributed by atoms with Crippen LogP contribution in [0, 0.1) is 0 Å². The minimum atomic E-state index is -0.0594. The van der Waals surface area contributed by atoms with E-state index in [1.807, 2.05) is 55.5 Å². The zero-order valence-corrected chi connectivity index (χ0v) is 15.5. The van der Waals surface area contributed by atoms with Crippen molar-refractivity contribution in [3.8, 4) is 0 Å². The van der Waals surface area contributed by atoms with Crippen LogP contribution in [-0.4, -0.2) is 21.6 Å². The van der Waals surface area contributed by atoms with Gasteiger partial charge in [0.25, 0.3) is 0 Å². The first-order chi connectivity index (χ1) is 11.6. The number of benzene rings is 2. The van der Waals surface area contributed by atoms with E-state index in [0.717, 1.165) is 26.0 Å². The van der Waals surface area contributed by atoms with Crippen LogP contribution in [-0.2, 0) is 4.79 Å². The molecule has 1 atom stereocenters. The average molecular weight is 402 g/mol. The molecule has 0 radical (unpaired) electrons. The summed E-state index contributed by atoms with van der Waals surface area (Å²) in [6, 6.07) is 15.6. The van der Waals surface area contributed by atoms with Gasteiger partial charge in [-0.25, -0.2) is 9.97 Å². The van der Waals surface area contributed by atoms with Crippen LogP contribution >= 0.6 is 27.7 Å². The molecule has 1 amide bonds. The topological polar surface area (TPSA) is 54.9 Å². The van der Waals surface area contributed by atoms with Crippen molar-refractivity contribution in [1.82, 2.24) is 15.3 Å². The molecule has 3 rings (SSSR count). The summed E-state index contributed by atoms with van der Waals surface area (Å²) >= 11 is 4.94. The van der Waals surface area contributed by atoms with Crippen LogP contribution in [0.5, 0.6) is 0 Å². The van der Waals surface area contributed by atoms with Crippen LogP contribution in [0.2, 0.25) is 0 Å². The number of fused-ring (bicyclic) bond motifs is 1. The number of halogens is 1. The van der Waals surface area contributed by atoms with Crippen LogP contribution in [0.25, 0.3) is 10.9 Å². The van der Waals surface area contributed by atoms with Crippen molar-refractivity contribution in [3.05, 3.63) is 64.9 Å². The van der Waals surface area contributed by atoms with Gasteiger partial charge in [-0.2, -0.15) is 0 Å². The molecule has 0 aliphatic rings. The molecule has 4 nitrogen and oxygen atoms in total. The van der Waals surface area contributed by atoms with Gasteiger partial charge < -0.3 is 5.32 Å². The standard InChI is InChI=1S/C18H16BrN3OS/c1-12(13-6-2-4-8-15(13)19)22-17(23)10-24-18-14-7-3-5-9-16(14)20-11-21-18/h2-9,11-12H,10H2,1H3,(H,22,23)/t12-/m0/s1. The van der Waals surface area contributed by atoms with Gasteiger partial charge in [0, 0.05) is 9.86 Å². The normalized spacial score (nSPS) is 12.1. The minimum absolute atomic E-state index is 0.0223. The summed E-state index contributed by atoms with van der Waals surface area (Å²) in [6.07, 6.45) is 1.53. The number of para-hydroxylation sites is 1. The Kier molecular flexibility index (Phi) is 5.48. The number of aromatic nitrogens is 2. The molecule has 24 heavy (non-hydrogen) atoms. The van der Waals surface area contributed by atoms with Gasteiger partial charge in [0.1, 0.15) is 11.4 Å². The van der Waals surface area contributed by atoms with Crippen molar-refractivity contribution in [1.29, 1.82) is 0 Å². The fraction of sp³-hybridized carbons (Fsp3) is 0.167. The summed E-state index contributed by atoms with van der Waals surface area (Å²) < 4.78 is 0.993. The van der Waals surface area contributed by atoms with E-state index in [9.17, 15) is 4.79 Å². The minimum Gasteiger partial charge on any atom is -0.349 e. The number of rotatable bonds is 5. The third kappa shape index (κ3) is 3.94. The molecule has 0 aliphatic heterocycles. The molecule has 0 fully saturated rings. The third-order valence-electron chi connectivity index (χ3n) is 3.60. The summed E-state index contributed by atoms with van der Waals surface area (Å²) in [5, 5.41) is 4.81. The Morgan fingerprint density at radius 2 is 1.92 bits per heavy atom. The van der Waals surface area contributed by atoms with E-state index in [1.165, 1.54) is 18.1 Å².